The lowest BCUT2D eigenvalue weighted by atomic mass is 10.1. The van der Waals surface area contributed by atoms with Gasteiger partial charge < -0.3 is 10.6 Å². The number of rotatable bonds is 9. The van der Waals surface area contributed by atoms with Crippen LogP contribution in [0.15, 0.2) is 48.5 Å². The van der Waals surface area contributed by atoms with Crippen LogP contribution < -0.4 is 15.5 Å². The van der Waals surface area contributed by atoms with Crippen LogP contribution in [-0.2, 0) is 31.4 Å². The molecule has 0 heterocycles. The van der Waals surface area contributed by atoms with E-state index in [9.17, 15) is 36.2 Å². The van der Waals surface area contributed by atoms with Crippen LogP contribution in [0.4, 0.5) is 28.9 Å². The van der Waals surface area contributed by atoms with Gasteiger partial charge in [-0.1, -0.05) is 18.9 Å². The van der Waals surface area contributed by atoms with Gasteiger partial charge in [-0.05, 0) is 62.2 Å². The molecule has 0 radical (unpaired) electrons. The zero-order valence-corrected chi connectivity index (χ0v) is 20.8. The lowest BCUT2D eigenvalue weighted by Crippen LogP contribution is -2.51. The minimum atomic E-state index is -4.68. The average Bonchev–Trinajstić information content (AvgIpc) is 3.33. The van der Waals surface area contributed by atoms with Crippen LogP contribution in [0.1, 0.15) is 38.2 Å². The van der Waals surface area contributed by atoms with E-state index in [1.807, 2.05) is 0 Å². The number of carbonyl (C=O) groups is 3. The number of amides is 3. The monoisotopic (exact) mass is 541 g/mol. The first kappa shape index (κ1) is 28.3. The number of nitrogens with one attached hydrogen (secondary N) is 2. The Bertz CT molecular complexity index is 1150. The number of halogens is 4. The Morgan fingerprint density at radius 2 is 1.70 bits per heavy atom. The van der Waals surface area contributed by atoms with Crippen LogP contribution in [-0.4, -0.2) is 45.5 Å². The van der Waals surface area contributed by atoms with Gasteiger partial charge in [-0.2, -0.15) is 13.2 Å². The first-order valence-corrected chi connectivity index (χ1v) is 13.1. The van der Waals surface area contributed by atoms with Crippen molar-refractivity contribution in [2.45, 2.75) is 50.9 Å². The van der Waals surface area contributed by atoms with E-state index in [0.717, 1.165) is 60.9 Å². The minimum absolute atomic E-state index is 0.0855. The zero-order valence-electron chi connectivity index (χ0n) is 20.0. The Labute approximate surface area is 214 Å². The van der Waals surface area contributed by atoms with Crippen molar-refractivity contribution in [1.82, 2.24) is 5.32 Å². The largest absolute Gasteiger partial charge is 0.416 e. The molecule has 0 unspecified atom stereocenters. The van der Waals surface area contributed by atoms with Crippen molar-refractivity contribution >= 4 is 39.9 Å². The highest BCUT2D eigenvalue weighted by Crippen LogP contribution is 2.32. The van der Waals surface area contributed by atoms with Crippen molar-refractivity contribution in [3.05, 3.63) is 59.9 Å². The smallest absolute Gasteiger partial charge is 0.352 e. The van der Waals surface area contributed by atoms with Gasteiger partial charge in [0.15, 0.2) is 0 Å². The van der Waals surface area contributed by atoms with Crippen LogP contribution in [0.3, 0.4) is 0 Å². The quantitative estimate of drug-likeness (QED) is 0.469. The van der Waals surface area contributed by atoms with E-state index in [2.05, 4.69) is 10.6 Å². The summed E-state index contributed by atoms with van der Waals surface area (Å²) in [6.45, 7) is 1.38. The second-order valence-corrected chi connectivity index (χ2v) is 10.2. The molecule has 2 N–H and O–H groups in total. The van der Waals surface area contributed by atoms with Crippen molar-refractivity contribution in [3.63, 3.8) is 0 Å². The molecule has 12 heteroatoms. The van der Waals surface area contributed by atoms with Crippen LogP contribution in [0.25, 0.3) is 0 Å². The number of hydrogen-bond donors (Lipinski definition) is 2. The fourth-order valence-electron chi connectivity index (χ4n) is 4.06. The van der Waals surface area contributed by atoms with E-state index in [-0.39, 0.29) is 17.4 Å². The standard InChI is InChI=1S/C25H27F4N3O4S/c1-16(24(35)31-19-6-2-3-7-19)32(21-8-4-5-17(13-21)25(27,28)29)23(34)15-37(36)14-22(33)30-20-11-9-18(26)10-12-20/h4-5,8-13,16,19H,2-3,6-7,14-15H2,1H3,(H,30,33)(H,31,35)/t16-,37+/m1/s1. The number of carbonyl (C=O) groups excluding carboxylic acids is 3. The van der Waals surface area contributed by atoms with Gasteiger partial charge in [0.2, 0.25) is 17.7 Å². The highest BCUT2D eigenvalue weighted by atomic mass is 32.2. The molecule has 3 amide bonds. The summed E-state index contributed by atoms with van der Waals surface area (Å²) in [7, 11) is -2.04. The van der Waals surface area contributed by atoms with Crippen LogP contribution >= 0.6 is 0 Å². The normalized spacial score (nSPS) is 15.6. The van der Waals surface area contributed by atoms with Gasteiger partial charge in [0.25, 0.3) is 0 Å². The summed E-state index contributed by atoms with van der Waals surface area (Å²) in [6, 6.07) is 7.56. The predicted molar refractivity (Wildman–Crippen MR) is 132 cm³/mol. The molecule has 2 aromatic carbocycles. The van der Waals surface area contributed by atoms with Gasteiger partial charge in [0.1, 0.15) is 23.4 Å². The Kier molecular flexibility index (Phi) is 9.41. The average molecular weight is 542 g/mol. The minimum Gasteiger partial charge on any atom is -0.352 e. The topological polar surface area (TPSA) is 95.6 Å². The lowest BCUT2D eigenvalue weighted by molar-refractivity contribution is -0.137. The molecule has 37 heavy (non-hydrogen) atoms. The van der Waals surface area contributed by atoms with Gasteiger partial charge in [-0.3, -0.25) is 23.5 Å². The number of anilines is 2. The van der Waals surface area contributed by atoms with Crippen molar-refractivity contribution in [2.24, 2.45) is 0 Å². The van der Waals surface area contributed by atoms with E-state index in [1.54, 1.807) is 0 Å². The first-order valence-electron chi connectivity index (χ1n) is 11.6. The number of benzene rings is 2. The van der Waals surface area contributed by atoms with Crippen molar-refractivity contribution in [3.8, 4) is 0 Å². The van der Waals surface area contributed by atoms with Crippen LogP contribution in [0.2, 0.25) is 0 Å². The second kappa shape index (κ2) is 12.3. The van der Waals surface area contributed by atoms with Gasteiger partial charge in [-0.15, -0.1) is 0 Å². The molecule has 2 atom stereocenters. The summed E-state index contributed by atoms with van der Waals surface area (Å²) in [4.78, 5) is 39.2. The van der Waals surface area contributed by atoms with Crippen LogP contribution in [0, 0.1) is 5.82 Å². The maximum absolute atomic E-state index is 13.3. The van der Waals surface area contributed by atoms with E-state index >= 15 is 0 Å². The molecule has 1 saturated carbocycles. The van der Waals surface area contributed by atoms with E-state index in [1.165, 1.54) is 25.1 Å². The molecule has 0 aromatic heterocycles. The summed E-state index contributed by atoms with van der Waals surface area (Å²) in [5, 5.41) is 5.25. The molecule has 1 aliphatic rings. The van der Waals surface area contributed by atoms with E-state index in [0.29, 0.717) is 0 Å². The van der Waals surface area contributed by atoms with E-state index < -0.39 is 63.6 Å². The van der Waals surface area contributed by atoms with Gasteiger partial charge >= 0.3 is 6.18 Å². The third-order valence-corrected chi connectivity index (χ3v) is 7.05. The molecule has 0 aliphatic heterocycles. The third-order valence-electron chi connectivity index (χ3n) is 5.89. The molecule has 0 spiro atoms. The van der Waals surface area contributed by atoms with Crippen molar-refractivity contribution in [1.29, 1.82) is 0 Å². The fraction of sp³-hybridized carbons (Fsp3) is 0.400. The van der Waals surface area contributed by atoms with E-state index in [4.69, 9.17) is 0 Å². The van der Waals surface area contributed by atoms with Crippen molar-refractivity contribution < 1.29 is 36.2 Å². The summed E-state index contributed by atoms with van der Waals surface area (Å²) < 4.78 is 65.6. The predicted octanol–water partition coefficient (Wildman–Crippen LogP) is 4.01. The van der Waals surface area contributed by atoms with Gasteiger partial charge in [0.05, 0.1) is 5.56 Å². The van der Waals surface area contributed by atoms with Crippen molar-refractivity contribution in [2.75, 3.05) is 21.7 Å². The first-order chi connectivity index (χ1) is 17.4. The maximum Gasteiger partial charge on any atom is 0.416 e. The second-order valence-electron chi connectivity index (χ2n) is 8.76. The maximum atomic E-state index is 13.3. The number of nitrogens with zero attached hydrogens (tertiary/aromatic N) is 1. The lowest BCUT2D eigenvalue weighted by Gasteiger charge is -2.30. The molecule has 3 rings (SSSR count). The molecular weight excluding hydrogens is 514 g/mol. The Morgan fingerprint density at radius 3 is 2.32 bits per heavy atom. The molecule has 200 valence electrons. The molecule has 2 aromatic rings. The third kappa shape index (κ3) is 8.11. The molecule has 7 nitrogen and oxygen atoms in total. The SMILES string of the molecule is C[C@H](C(=O)NC1CCCC1)N(C(=O)C[S@@](=O)CC(=O)Nc1ccc(F)cc1)c1cccc(C(F)(F)F)c1. The highest BCUT2D eigenvalue weighted by Gasteiger charge is 2.34. The Morgan fingerprint density at radius 1 is 1.05 bits per heavy atom. The summed E-state index contributed by atoms with van der Waals surface area (Å²) >= 11 is 0. The molecular formula is C25H27F4N3O4S. The number of alkyl halides is 3. The summed E-state index contributed by atoms with van der Waals surface area (Å²) in [5.41, 5.74) is -0.926. The van der Waals surface area contributed by atoms with Gasteiger partial charge in [0, 0.05) is 28.2 Å². The van der Waals surface area contributed by atoms with Gasteiger partial charge in [-0.25, -0.2) is 4.39 Å². The zero-order chi connectivity index (χ0) is 27.2. The summed E-state index contributed by atoms with van der Waals surface area (Å²) in [5.74, 6) is -3.90. The highest BCUT2D eigenvalue weighted by molar-refractivity contribution is 7.86. The molecule has 1 fully saturated rings. The molecule has 1 aliphatic carbocycles. The van der Waals surface area contributed by atoms with Crippen LogP contribution in [0.5, 0.6) is 0 Å². The fourth-order valence-corrected chi connectivity index (χ4v) is 4.94. The number of hydrogen-bond acceptors (Lipinski definition) is 4. The Balaban J connectivity index is 1.75. The Hall–Kier alpha value is -3.28. The molecule has 0 bridgehead atoms. The molecule has 0 saturated heterocycles. The summed E-state index contributed by atoms with van der Waals surface area (Å²) in [6.07, 6.45) is -1.27.